The molecule has 1 N–H and O–H groups in total. The van der Waals surface area contributed by atoms with E-state index in [0.717, 1.165) is 11.5 Å². The largest absolute Gasteiger partial charge is 0.497 e. The summed E-state index contributed by atoms with van der Waals surface area (Å²) in [5.41, 5.74) is 0.485. The van der Waals surface area contributed by atoms with Crippen molar-refractivity contribution >= 4 is 38.5 Å². The molecule has 0 aliphatic carbocycles. The number of carbonyl (C=O) groups is 1. The molecule has 8 nitrogen and oxygen atoms in total. The second-order valence-electron chi connectivity index (χ2n) is 4.68. The summed E-state index contributed by atoms with van der Waals surface area (Å²) in [6.07, 6.45) is 1.40. The van der Waals surface area contributed by atoms with E-state index in [1.165, 1.54) is 20.1 Å². The van der Waals surface area contributed by atoms with Crippen LogP contribution >= 0.6 is 11.5 Å². The molecule has 0 aliphatic rings. The molecule has 1 aromatic carbocycles. The van der Waals surface area contributed by atoms with Gasteiger partial charge in [-0.05, 0) is 23.8 Å². The maximum absolute atomic E-state index is 12.2. The van der Waals surface area contributed by atoms with Gasteiger partial charge in [-0.1, -0.05) is 19.1 Å². The van der Waals surface area contributed by atoms with Gasteiger partial charge in [0.15, 0.2) is 0 Å². The number of benzene rings is 1. The molecule has 0 bridgehead atoms. The first-order valence-corrected chi connectivity index (χ1v) is 9.46. The average molecular weight is 378 g/mol. The van der Waals surface area contributed by atoms with E-state index in [0.29, 0.717) is 11.3 Å². The number of amides is 1. The highest BCUT2D eigenvalue weighted by molar-refractivity contribution is 7.91. The van der Waals surface area contributed by atoms with Crippen molar-refractivity contribution in [2.75, 3.05) is 18.2 Å². The highest BCUT2D eigenvalue weighted by Crippen LogP contribution is 2.18. The number of nitrogens with zero attached hydrogens (tertiary/aromatic N) is 3. The van der Waals surface area contributed by atoms with E-state index < -0.39 is 15.7 Å². The van der Waals surface area contributed by atoms with Gasteiger partial charge in [0.05, 0.1) is 12.9 Å². The Labute approximate surface area is 148 Å². The van der Waals surface area contributed by atoms with Gasteiger partial charge in [-0.15, -0.1) is 0 Å². The minimum Gasteiger partial charge on any atom is -0.497 e. The number of carbonyl (C=O) groups excluding carboxylic acids is 1. The molecular weight excluding hydrogens is 364 g/mol. The number of hydrogen-bond donors (Lipinski definition) is 1. The monoisotopic (exact) mass is 378 g/mol. The van der Waals surface area contributed by atoms with E-state index >= 15 is 0 Å². The summed E-state index contributed by atoms with van der Waals surface area (Å²) in [6, 6.07) is 8.59. The topological polar surface area (TPSA) is 122 Å². The molecule has 2 aromatic rings. The lowest BCUT2D eigenvalue weighted by Gasteiger charge is -2.01. The lowest BCUT2D eigenvalue weighted by Crippen LogP contribution is -2.13. The number of anilines is 1. The van der Waals surface area contributed by atoms with E-state index in [1.807, 2.05) is 0 Å². The van der Waals surface area contributed by atoms with E-state index in [1.54, 1.807) is 30.3 Å². The van der Waals surface area contributed by atoms with Crippen molar-refractivity contribution in [3.8, 4) is 11.8 Å². The van der Waals surface area contributed by atoms with Gasteiger partial charge in [0.2, 0.25) is 15.0 Å². The maximum Gasteiger partial charge on any atom is 0.268 e. The van der Waals surface area contributed by atoms with Crippen LogP contribution < -0.4 is 10.1 Å². The van der Waals surface area contributed by atoms with Crippen LogP contribution in [0.3, 0.4) is 0 Å². The number of nitriles is 1. The van der Waals surface area contributed by atoms with Crippen molar-refractivity contribution in [3.05, 3.63) is 35.4 Å². The Morgan fingerprint density at radius 3 is 2.64 bits per heavy atom. The van der Waals surface area contributed by atoms with Crippen molar-refractivity contribution in [3.63, 3.8) is 0 Å². The smallest absolute Gasteiger partial charge is 0.268 e. The van der Waals surface area contributed by atoms with Gasteiger partial charge in [-0.2, -0.15) is 14.6 Å². The van der Waals surface area contributed by atoms with Crippen molar-refractivity contribution < 1.29 is 17.9 Å². The van der Waals surface area contributed by atoms with E-state index in [4.69, 9.17) is 4.74 Å². The minimum atomic E-state index is -3.55. The fourth-order valence-corrected chi connectivity index (χ4v) is 3.28. The first-order chi connectivity index (χ1) is 11.9. The van der Waals surface area contributed by atoms with E-state index in [9.17, 15) is 18.5 Å². The van der Waals surface area contributed by atoms with Crippen LogP contribution in [0.15, 0.2) is 35.0 Å². The predicted octanol–water partition coefficient (Wildman–Crippen LogP) is 1.89. The molecule has 1 amide bonds. The third-order valence-corrected chi connectivity index (χ3v) is 5.32. The first-order valence-electron chi connectivity index (χ1n) is 7.03. The highest BCUT2D eigenvalue weighted by atomic mass is 32.2. The Morgan fingerprint density at radius 2 is 2.08 bits per heavy atom. The van der Waals surface area contributed by atoms with Crippen LogP contribution in [0.5, 0.6) is 5.75 Å². The van der Waals surface area contributed by atoms with Crippen molar-refractivity contribution in [2.45, 2.75) is 12.1 Å². The molecule has 1 aromatic heterocycles. The third-order valence-electron chi connectivity index (χ3n) is 3.08. The summed E-state index contributed by atoms with van der Waals surface area (Å²) >= 11 is 0.734. The molecule has 10 heteroatoms. The Bertz CT molecular complexity index is 941. The molecule has 0 aliphatic heterocycles. The van der Waals surface area contributed by atoms with Crippen molar-refractivity contribution in [1.29, 1.82) is 5.26 Å². The zero-order chi connectivity index (χ0) is 18.4. The van der Waals surface area contributed by atoms with Gasteiger partial charge in [-0.25, -0.2) is 8.42 Å². The van der Waals surface area contributed by atoms with Crippen molar-refractivity contribution in [1.82, 2.24) is 9.36 Å². The van der Waals surface area contributed by atoms with Crippen molar-refractivity contribution in [2.24, 2.45) is 0 Å². The van der Waals surface area contributed by atoms with Crippen LogP contribution in [-0.2, 0) is 14.6 Å². The molecule has 0 radical (unpaired) electrons. The second kappa shape index (κ2) is 7.87. The average Bonchev–Trinajstić information content (AvgIpc) is 3.09. The van der Waals surface area contributed by atoms with Gasteiger partial charge in [0.25, 0.3) is 11.1 Å². The Morgan fingerprint density at radius 1 is 1.40 bits per heavy atom. The summed E-state index contributed by atoms with van der Waals surface area (Å²) in [5, 5.41) is 11.2. The van der Waals surface area contributed by atoms with Gasteiger partial charge in [0, 0.05) is 11.5 Å². The summed E-state index contributed by atoms with van der Waals surface area (Å²) in [7, 11) is -2.01. The number of hydrogen-bond acceptors (Lipinski definition) is 8. The number of aromatic nitrogens is 2. The zero-order valence-corrected chi connectivity index (χ0v) is 15.0. The standard InChI is InChI=1S/C15H14N4O4S2/c1-3-25(21,22)15-18-14(24-19-15)17-13(20)11(9-16)8-10-4-6-12(23-2)7-5-10/h4-8H,3H2,1-2H3,(H,17,18,19,20). The van der Waals surface area contributed by atoms with Crippen LogP contribution in [0, 0.1) is 11.3 Å². The quantitative estimate of drug-likeness (QED) is 0.601. The second-order valence-corrected chi connectivity index (χ2v) is 7.61. The number of nitrogens with one attached hydrogen (secondary N) is 1. The summed E-state index contributed by atoms with van der Waals surface area (Å²) in [4.78, 5) is 15.9. The normalized spacial score (nSPS) is 11.6. The Kier molecular flexibility index (Phi) is 5.84. The van der Waals surface area contributed by atoms with Crippen LogP contribution in [0.4, 0.5) is 5.13 Å². The first kappa shape index (κ1) is 18.6. The SMILES string of the molecule is CCS(=O)(=O)c1nsc(NC(=O)C(C#N)=Cc2ccc(OC)cc2)n1. The van der Waals surface area contributed by atoms with Crippen LogP contribution in [0.1, 0.15) is 12.5 Å². The molecule has 2 rings (SSSR count). The number of methoxy groups -OCH3 is 1. The van der Waals surface area contributed by atoms with E-state index in [2.05, 4.69) is 14.7 Å². The van der Waals surface area contributed by atoms with Gasteiger partial charge >= 0.3 is 0 Å². The number of sulfone groups is 1. The minimum absolute atomic E-state index is 0.00732. The van der Waals surface area contributed by atoms with Gasteiger partial charge in [-0.3, -0.25) is 10.1 Å². The molecule has 0 fully saturated rings. The van der Waals surface area contributed by atoms with Crippen LogP contribution in [0.25, 0.3) is 6.08 Å². The lowest BCUT2D eigenvalue weighted by atomic mass is 10.1. The Hall–Kier alpha value is -2.77. The maximum atomic E-state index is 12.2. The third kappa shape index (κ3) is 4.62. The fourth-order valence-electron chi connectivity index (χ4n) is 1.70. The predicted molar refractivity (Wildman–Crippen MR) is 92.8 cm³/mol. The summed E-state index contributed by atoms with van der Waals surface area (Å²) in [5.74, 6) is -0.189. The van der Waals surface area contributed by atoms with Crippen LogP contribution in [0.2, 0.25) is 0 Å². The number of rotatable bonds is 6. The zero-order valence-electron chi connectivity index (χ0n) is 13.4. The lowest BCUT2D eigenvalue weighted by molar-refractivity contribution is -0.112. The molecule has 25 heavy (non-hydrogen) atoms. The molecular formula is C15H14N4O4S2. The highest BCUT2D eigenvalue weighted by Gasteiger charge is 2.19. The van der Waals surface area contributed by atoms with Gasteiger partial charge < -0.3 is 4.74 Å². The summed E-state index contributed by atoms with van der Waals surface area (Å²) < 4.78 is 32.1. The molecule has 1 heterocycles. The number of ether oxygens (including phenoxy) is 1. The van der Waals surface area contributed by atoms with Gasteiger partial charge in [0.1, 0.15) is 17.4 Å². The summed E-state index contributed by atoms with van der Waals surface area (Å²) in [6.45, 7) is 1.47. The molecule has 0 unspecified atom stereocenters. The molecule has 0 saturated carbocycles. The van der Waals surface area contributed by atoms with E-state index in [-0.39, 0.29) is 21.6 Å². The molecule has 130 valence electrons. The fraction of sp³-hybridized carbons (Fsp3) is 0.200. The Balaban J connectivity index is 2.17. The molecule has 0 spiro atoms. The molecule has 0 saturated heterocycles. The molecule has 0 atom stereocenters. The van der Waals surface area contributed by atoms with Crippen LogP contribution in [-0.4, -0.2) is 36.5 Å².